The third-order valence-corrected chi connectivity index (χ3v) is 2.94. The summed E-state index contributed by atoms with van der Waals surface area (Å²) in [5.74, 6) is -9.21. The van der Waals surface area contributed by atoms with E-state index >= 15 is 0 Å². The quantitative estimate of drug-likeness (QED) is 0.463. The van der Waals surface area contributed by atoms with Crippen LogP contribution in [0.15, 0.2) is 22.8 Å². The van der Waals surface area contributed by atoms with E-state index in [1.54, 1.807) is 0 Å². The summed E-state index contributed by atoms with van der Waals surface area (Å²) in [5.41, 5.74) is 0. The van der Waals surface area contributed by atoms with Gasteiger partial charge in [-0.1, -0.05) is 0 Å². The SMILES string of the molecule is O=C(OC(F)(C(F)(F)C(F)F)S(=O)(=O)[O-])c1ccco1. The maximum atomic E-state index is 13.6. The van der Waals surface area contributed by atoms with Gasteiger partial charge in [0.2, 0.25) is 5.76 Å². The third-order valence-electron chi connectivity index (χ3n) is 1.94. The molecule has 1 heterocycles. The van der Waals surface area contributed by atoms with E-state index < -0.39 is 39.4 Å². The number of halogens is 5. The van der Waals surface area contributed by atoms with E-state index in [1.807, 2.05) is 0 Å². The molecule has 0 N–H and O–H groups in total. The standard InChI is InChI=1S/C8H5F5O6S/c9-6(10)7(11,12)8(13,20(15,16)17)19-5(14)4-2-1-3-18-4/h1-3,6H,(H,15,16,17)/p-1. The maximum Gasteiger partial charge on any atom is 0.411 e. The highest BCUT2D eigenvalue weighted by molar-refractivity contribution is 7.86. The van der Waals surface area contributed by atoms with Crippen LogP contribution in [0.4, 0.5) is 22.0 Å². The van der Waals surface area contributed by atoms with Crippen LogP contribution >= 0.6 is 0 Å². The Morgan fingerprint density at radius 2 is 1.90 bits per heavy atom. The molecule has 0 saturated heterocycles. The van der Waals surface area contributed by atoms with E-state index in [2.05, 4.69) is 9.15 Å². The minimum atomic E-state index is -6.78. The molecular formula is C8H4F5O6S-. The molecule has 0 aromatic carbocycles. The van der Waals surface area contributed by atoms with Crippen molar-refractivity contribution in [3.05, 3.63) is 24.2 Å². The van der Waals surface area contributed by atoms with Crippen LogP contribution in [0.25, 0.3) is 0 Å². The largest absolute Gasteiger partial charge is 0.743 e. The molecule has 1 aromatic heterocycles. The van der Waals surface area contributed by atoms with Crippen molar-refractivity contribution in [1.29, 1.82) is 0 Å². The first-order valence-electron chi connectivity index (χ1n) is 4.50. The molecule has 20 heavy (non-hydrogen) atoms. The fourth-order valence-electron chi connectivity index (χ4n) is 0.980. The van der Waals surface area contributed by atoms with E-state index in [-0.39, 0.29) is 0 Å². The van der Waals surface area contributed by atoms with Crippen molar-refractivity contribution in [3.63, 3.8) is 0 Å². The fourth-order valence-corrected chi connectivity index (χ4v) is 1.58. The van der Waals surface area contributed by atoms with E-state index in [0.29, 0.717) is 0 Å². The van der Waals surface area contributed by atoms with Crippen molar-refractivity contribution >= 4 is 16.1 Å². The van der Waals surface area contributed by atoms with Crippen LogP contribution in [0.5, 0.6) is 0 Å². The zero-order valence-electron chi connectivity index (χ0n) is 9.06. The van der Waals surface area contributed by atoms with Gasteiger partial charge in [-0.15, -0.1) is 0 Å². The molecule has 114 valence electrons. The Hall–Kier alpha value is -1.69. The van der Waals surface area contributed by atoms with Crippen molar-refractivity contribution in [2.24, 2.45) is 0 Å². The lowest BCUT2D eigenvalue weighted by molar-refractivity contribution is -0.255. The van der Waals surface area contributed by atoms with Crippen LogP contribution in [0, 0.1) is 0 Å². The Labute approximate surface area is 107 Å². The average Bonchev–Trinajstić information content (AvgIpc) is 2.79. The Balaban J connectivity index is 3.25. The van der Waals surface area contributed by atoms with Gasteiger partial charge < -0.3 is 13.7 Å². The Kier molecular flexibility index (Phi) is 4.10. The van der Waals surface area contributed by atoms with Crippen molar-refractivity contribution < 1.29 is 48.9 Å². The Bertz CT molecular complexity index is 583. The zero-order chi connectivity index (χ0) is 15.8. The lowest BCUT2D eigenvalue weighted by Crippen LogP contribution is -2.57. The van der Waals surface area contributed by atoms with Gasteiger partial charge >= 0.3 is 23.5 Å². The number of alkyl halides is 5. The molecule has 0 fully saturated rings. The number of furan rings is 1. The van der Waals surface area contributed by atoms with Crippen molar-refractivity contribution in [1.82, 2.24) is 0 Å². The van der Waals surface area contributed by atoms with Crippen LogP contribution in [0.1, 0.15) is 10.6 Å². The number of hydrogen-bond donors (Lipinski definition) is 0. The molecule has 0 aliphatic heterocycles. The highest BCUT2D eigenvalue weighted by Gasteiger charge is 2.69. The van der Waals surface area contributed by atoms with Gasteiger partial charge in [0.1, 0.15) is 0 Å². The molecule has 1 atom stereocenters. The number of ether oxygens (including phenoxy) is 1. The number of rotatable bonds is 5. The van der Waals surface area contributed by atoms with Gasteiger partial charge in [0.15, 0.2) is 10.1 Å². The summed E-state index contributed by atoms with van der Waals surface area (Å²) in [7, 11) is -6.78. The van der Waals surface area contributed by atoms with Crippen LogP contribution in [0.2, 0.25) is 0 Å². The molecule has 1 unspecified atom stereocenters. The van der Waals surface area contributed by atoms with Crippen molar-refractivity contribution in [3.8, 4) is 0 Å². The number of hydrogen-bond acceptors (Lipinski definition) is 6. The second-order valence-corrected chi connectivity index (χ2v) is 4.71. The second-order valence-electron chi connectivity index (χ2n) is 3.28. The fraction of sp³-hybridized carbons (Fsp3) is 0.375. The normalized spacial score (nSPS) is 15.9. The van der Waals surface area contributed by atoms with Gasteiger partial charge in [-0.2, -0.15) is 13.2 Å². The van der Waals surface area contributed by atoms with Crippen molar-refractivity contribution in [2.45, 2.75) is 17.5 Å². The zero-order valence-corrected chi connectivity index (χ0v) is 9.87. The average molecular weight is 323 g/mol. The molecule has 0 aliphatic rings. The van der Waals surface area contributed by atoms with Gasteiger partial charge in [0.05, 0.1) is 6.26 Å². The maximum absolute atomic E-state index is 13.6. The van der Waals surface area contributed by atoms with E-state index in [1.165, 1.54) is 0 Å². The van der Waals surface area contributed by atoms with Crippen LogP contribution in [0.3, 0.4) is 0 Å². The summed E-state index contributed by atoms with van der Waals surface area (Å²) in [4.78, 5) is 11.1. The highest BCUT2D eigenvalue weighted by Crippen LogP contribution is 2.42. The van der Waals surface area contributed by atoms with E-state index in [4.69, 9.17) is 0 Å². The Morgan fingerprint density at radius 3 is 2.25 bits per heavy atom. The summed E-state index contributed by atoms with van der Waals surface area (Å²) in [6, 6.07) is 1.74. The summed E-state index contributed by atoms with van der Waals surface area (Å²) in [5, 5.41) is -5.78. The van der Waals surface area contributed by atoms with E-state index in [9.17, 15) is 39.7 Å². The van der Waals surface area contributed by atoms with Gasteiger partial charge in [0, 0.05) is 0 Å². The van der Waals surface area contributed by atoms with Gasteiger partial charge in [-0.25, -0.2) is 22.0 Å². The molecular weight excluding hydrogens is 319 g/mol. The highest BCUT2D eigenvalue weighted by atomic mass is 32.2. The number of carbonyl (C=O) groups is 1. The molecule has 0 aliphatic carbocycles. The molecule has 0 radical (unpaired) electrons. The van der Waals surface area contributed by atoms with Gasteiger partial charge in [-0.3, -0.25) is 0 Å². The predicted octanol–water partition coefficient (Wildman–Crippen LogP) is 1.51. The lowest BCUT2D eigenvalue weighted by atomic mass is 10.3. The first-order chi connectivity index (χ1) is 8.93. The molecule has 12 heteroatoms. The second kappa shape index (κ2) is 5.01. The van der Waals surface area contributed by atoms with E-state index in [0.717, 1.165) is 18.4 Å². The first kappa shape index (κ1) is 16.4. The Morgan fingerprint density at radius 1 is 1.35 bits per heavy atom. The topological polar surface area (TPSA) is 96.6 Å². The molecule has 0 bridgehead atoms. The summed E-state index contributed by atoms with van der Waals surface area (Å²) < 4.78 is 102. The van der Waals surface area contributed by atoms with Crippen molar-refractivity contribution in [2.75, 3.05) is 0 Å². The molecule has 1 aromatic rings. The predicted molar refractivity (Wildman–Crippen MR) is 48.6 cm³/mol. The minimum Gasteiger partial charge on any atom is -0.743 e. The lowest BCUT2D eigenvalue weighted by Gasteiger charge is -2.33. The molecule has 0 saturated carbocycles. The number of carbonyl (C=O) groups excluding carboxylic acids is 1. The summed E-state index contributed by atoms with van der Waals surface area (Å²) in [6.07, 6.45) is -4.12. The minimum absolute atomic E-state index is 0.737. The van der Waals surface area contributed by atoms with Crippen LogP contribution in [-0.4, -0.2) is 36.5 Å². The first-order valence-corrected chi connectivity index (χ1v) is 5.91. The third kappa shape index (κ3) is 2.60. The summed E-state index contributed by atoms with van der Waals surface area (Å²) in [6.45, 7) is 0. The molecule has 1 rings (SSSR count). The van der Waals surface area contributed by atoms with Gasteiger partial charge in [-0.05, 0) is 12.1 Å². The molecule has 0 amide bonds. The summed E-state index contributed by atoms with van der Waals surface area (Å²) >= 11 is 0. The molecule has 6 nitrogen and oxygen atoms in total. The van der Waals surface area contributed by atoms with Gasteiger partial charge in [0.25, 0.3) is 0 Å². The van der Waals surface area contributed by atoms with Crippen LogP contribution in [-0.2, 0) is 14.9 Å². The smallest absolute Gasteiger partial charge is 0.411 e. The monoisotopic (exact) mass is 323 g/mol. The van der Waals surface area contributed by atoms with Crippen LogP contribution < -0.4 is 0 Å². The number of esters is 1. The molecule has 0 spiro atoms.